The fourth-order valence-electron chi connectivity index (χ4n) is 9.36. The summed E-state index contributed by atoms with van der Waals surface area (Å²) in [4.78, 5) is 0. The Morgan fingerprint density at radius 3 is 0.404 bits per heavy atom. The molecule has 344 valence electrons. The first-order chi connectivity index (χ1) is 28.3. The predicted octanol–water partition coefficient (Wildman–Crippen LogP) is 21.1. The van der Waals surface area contributed by atoms with E-state index < -0.39 is 0 Å². The Labute approximate surface area is 364 Å². The fraction of sp³-hybridized carbons (Fsp3) is 1.00. The van der Waals surface area contributed by atoms with Crippen LogP contribution in [-0.2, 0) is 0 Å². The Hall–Kier alpha value is -0.0400. The van der Waals surface area contributed by atoms with Crippen molar-refractivity contribution >= 4 is 0 Å². The Balaban J connectivity index is 3.14. The van der Waals surface area contributed by atoms with Crippen LogP contribution in [0.5, 0.6) is 0 Å². The van der Waals surface area contributed by atoms with E-state index in [9.17, 15) is 5.11 Å². The zero-order valence-electron chi connectivity index (χ0n) is 40.5. The SMILES string of the molecule is CCCCCCCCCCCCCCCCCCCCCCCCCCCCCC(O)CCCCCCCCCCCCCCCCCCCCCCCCCC. The van der Waals surface area contributed by atoms with Crippen LogP contribution < -0.4 is 0 Å². The number of aliphatic hydroxyl groups is 1. The summed E-state index contributed by atoms with van der Waals surface area (Å²) >= 11 is 0. The Morgan fingerprint density at radius 2 is 0.281 bits per heavy atom. The molecule has 0 aromatic carbocycles. The first-order valence-corrected chi connectivity index (χ1v) is 28.0. The van der Waals surface area contributed by atoms with Crippen LogP contribution in [0.25, 0.3) is 0 Å². The lowest BCUT2D eigenvalue weighted by Crippen LogP contribution is -2.05. The molecule has 57 heavy (non-hydrogen) atoms. The van der Waals surface area contributed by atoms with Gasteiger partial charge in [0.1, 0.15) is 0 Å². The van der Waals surface area contributed by atoms with E-state index in [0.717, 1.165) is 12.8 Å². The van der Waals surface area contributed by atoms with Gasteiger partial charge in [0.05, 0.1) is 6.10 Å². The molecule has 0 amide bonds. The zero-order chi connectivity index (χ0) is 41.1. The van der Waals surface area contributed by atoms with Crippen LogP contribution in [-0.4, -0.2) is 11.2 Å². The van der Waals surface area contributed by atoms with Crippen molar-refractivity contribution in [1.29, 1.82) is 0 Å². The van der Waals surface area contributed by atoms with Gasteiger partial charge in [0.2, 0.25) is 0 Å². The summed E-state index contributed by atoms with van der Waals surface area (Å²) in [6, 6.07) is 0. The molecule has 0 aliphatic heterocycles. The van der Waals surface area contributed by atoms with Crippen LogP contribution in [0.1, 0.15) is 354 Å². The summed E-state index contributed by atoms with van der Waals surface area (Å²) in [6.07, 6.45) is 75.8. The molecule has 0 spiro atoms. The molecule has 0 radical (unpaired) electrons. The van der Waals surface area contributed by atoms with Crippen molar-refractivity contribution in [2.75, 3.05) is 0 Å². The Kier molecular flexibility index (Phi) is 53.9. The molecule has 0 aliphatic carbocycles. The van der Waals surface area contributed by atoms with Gasteiger partial charge in [0.25, 0.3) is 0 Å². The maximum Gasteiger partial charge on any atom is 0.0540 e. The normalized spacial score (nSPS) is 12.3. The quantitative estimate of drug-likeness (QED) is 0.0608. The summed E-state index contributed by atoms with van der Waals surface area (Å²) in [6.45, 7) is 4.62. The highest BCUT2D eigenvalue weighted by Crippen LogP contribution is 2.19. The lowest BCUT2D eigenvalue weighted by Gasteiger charge is -2.10. The first kappa shape index (κ1) is 57.0. The summed E-state index contributed by atoms with van der Waals surface area (Å²) in [5, 5.41) is 10.4. The van der Waals surface area contributed by atoms with Crippen LogP contribution in [0.2, 0.25) is 0 Å². The second-order valence-corrected chi connectivity index (χ2v) is 19.6. The van der Waals surface area contributed by atoms with E-state index in [2.05, 4.69) is 13.8 Å². The lowest BCUT2D eigenvalue weighted by molar-refractivity contribution is 0.147. The van der Waals surface area contributed by atoms with Crippen LogP contribution >= 0.6 is 0 Å². The maximum atomic E-state index is 10.4. The average Bonchev–Trinajstić information content (AvgIpc) is 3.22. The zero-order valence-corrected chi connectivity index (χ0v) is 40.5. The van der Waals surface area contributed by atoms with Gasteiger partial charge in [-0.2, -0.15) is 0 Å². The Bertz CT molecular complexity index is 658. The number of unbranched alkanes of at least 4 members (excludes halogenated alkanes) is 49. The van der Waals surface area contributed by atoms with E-state index in [1.807, 2.05) is 0 Å². The van der Waals surface area contributed by atoms with Gasteiger partial charge in [0, 0.05) is 0 Å². The van der Waals surface area contributed by atoms with Crippen molar-refractivity contribution in [2.45, 2.75) is 360 Å². The van der Waals surface area contributed by atoms with E-state index >= 15 is 0 Å². The standard InChI is InChI=1S/C56H114O/c1-3-5-7-9-11-13-15-17-19-21-23-25-27-29-30-31-33-35-37-39-41-43-45-47-49-51-53-55-56(57)54-52-50-48-46-44-42-40-38-36-34-32-28-26-24-22-20-18-16-14-12-10-8-6-4-2/h56-57H,3-55H2,1-2H3. The molecule has 0 saturated heterocycles. The minimum atomic E-state index is -0.0380. The second-order valence-electron chi connectivity index (χ2n) is 19.6. The second kappa shape index (κ2) is 54.0. The molecule has 1 N–H and O–H groups in total. The van der Waals surface area contributed by atoms with E-state index in [-0.39, 0.29) is 6.10 Å². The molecule has 1 unspecified atom stereocenters. The minimum Gasteiger partial charge on any atom is -0.393 e. The third kappa shape index (κ3) is 53.9. The molecule has 0 aromatic heterocycles. The molecule has 1 heteroatoms. The summed E-state index contributed by atoms with van der Waals surface area (Å²) < 4.78 is 0. The van der Waals surface area contributed by atoms with Crippen molar-refractivity contribution < 1.29 is 5.11 Å². The summed E-state index contributed by atoms with van der Waals surface area (Å²) in [5.41, 5.74) is 0. The van der Waals surface area contributed by atoms with Gasteiger partial charge in [0.15, 0.2) is 0 Å². The largest absolute Gasteiger partial charge is 0.393 e. The van der Waals surface area contributed by atoms with Crippen LogP contribution in [0, 0.1) is 0 Å². The molecular formula is C56H114O. The summed E-state index contributed by atoms with van der Waals surface area (Å²) in [7, 11) is 0. The molecule has 0 heterocycles. The molecule has 0 fully saturated rings. The van der Waals surface area contributed by atoms with Gasteiger partial charge in [-0.1, -0.05) is 341 Å². The number of aliphatic hydroxyl groups excluding tert-OH is 1. The van der Waals surface area contributed by atoms with Gasteiger partial charge in [-0.25, -0.2) is 0 Å². The van der Waals surface area contributed by atoms with Crippen molar-refractivity contribution in [3.63, 3.8) is 0 Å². The minimum absolute atomic E-state index is 0.0380. The first-order valence-electron chi connectivity index (χ1n) is 28.0. The fourth-order valence-corrected chi connectivity index (χ4v) is 9.36. The highest BCUT2D eigenvalue weighted by Gasteiger charge is 2.04. The van der Waals surface area contributed by atoms with Gasteiger partial charge >= 0.3 is 0 Å². The van der Waals surface area contributed by atoms with Gasteiger partial charge in [-0.3, -0.25) is 0 Å². The van der Waals surface area contributed by atoms with Crippen LogP contribution in [0.15, 0.2) is 0 Å². The molecule has 1 atom stereocenters. The molecule has 0 bridgehead atoms. The molecule has 0 rings (SSSR count). The van der Waals surface area contributed by atoms with Crippen molar-refractivity contribution in [3.05, 3.63) is 0 Å². The smallest absolute Gasteiger partial charge is 0.0540 e. The third-order valence-electron chi connectivity index (χ3n) is 13.5. The van der Waals surface area contributed by atoms with Crippen molar-refractivity contribution in [3.8, 4) is 0 Å². The molecule has 0 aliphatic rings. The maximum absolute atomic E-state index is 10.4. The Morgan fingerprint density at radius 1 is 0.175 bits per heavy atom. The van der Waals surface area contributed by atoms with Crippen LogP contribution in [0.3, 0.4) is 0 Å². The van der Waals surface area contributed by atoms with E-state index in [4.69, 9.17) is 0 Å². The van der Waals surface area contributed by atoms with E-state index in [1.165, 1.54) is 327 Å². The van der Waals surface area contributed by atoms with Crippen molar-refractivity contribution in [2.24, 2.45) is 0 Å². The molecule has 0 aromatic rings. The van der Waals surface area contributed by atoms with Crippen LogP contribution in [0.4, 0.5) is 0 Å². The highest BCUT2D eigenvalue weighted by atomic mass is 16.3. The number of rotatable bonds is 53. The molecule has 0 saturated carbocycles. The lowest BCUT2D eigenvalue weighted by atomic mass is 10.0. The molecular weight excluding hydrogens is 689 g/mol. The predicted molar refractivity (Wildman–Crippen MR) is 262 cm³/mol. The number of hydrogen-bond donors (Lipinski definition) is 1. The van der Waals surface area contributed by atoms with Crippen molar-refractivity contribution in [1.82, 2.24) is 0 Å². The highest BCUT2D eigenvalue weighted by molar-refractivity contribution is 4.59. The average molecular weight is 804 g/mol. The van der Waals surface area contributed by atoms with E-state index in [0.29, 0.717) is 0 Å². The van der Waals surface area contributed by atoms with Gasteiger partial charge in [-0.15, -0.1) is 0 Å². The monoisotopic (exact) mass is 803 g/mol. The van der Waals surface area contributed by atoms with Gasteiger partial charge in [-0.05, 0) is 12.8 Å². The third-order valence-corrected chi connectivity index (χ3v) is 13.5. The summed E-state index contributed by atoms with van der Waals surface area (Å²) in [5.74, 6) is 0. The van der Waals surface area contributed by atoms with Gasteiger partial charge < -0.3 is 5.11 Å². The van der Waals surface area contributed by atoms with E-state index in [1.54, 1.807) is 0 Å². The molecule has 1 nitrogen and oxygen atoms in total. The number of hydrogen-bond acceptors (Lipinski definition) is 1. The topological polar surface area (TPSA) is 20.2 Å².